The maximum atomic E-state index is 13.5. The molecule has 0 unspecified atom stereocenters. The summed E-state index contributed by atoms with van der Waals surface area (Å²) in [7, 11) is 0. The van der Waals surface area contributed by atoms with Gasteiger partial charge in [-0.15, -0.1) is 0 Å². The highest BCUT2D eigenvalue weighted by atomic mass is 19.4. The Morgan fingerprint density at radius 2 is 1.76 bits per heavy atom. The lowest BCUT2D eigenvalue weighted by Crippen LogP contribution is -2.07. The third-order valence-electron chi connectivity index (χ3n) is 5.32. The average molecular weight is 458 g/mol. The van der Waals surface area contributed by atoms with Crippen LogP contribution in [0.3, 0.4) is 0 Å². The zero-order chi connectivity index (χ0) is 23.6. The summed E-state index contributed by atoms with van der Waals surface area (Å²) in [6.45, 7) is 0.0373. The largest absolute Gasteiger partial charge is 0.488 e. The van der Waals surface area contributed by atoms with Crippen LogP contribution in [0.2, 0.25) is 0 Å². The summed E-state index contributed by atoms with van der Waals surface area (Å²) in [6.07, 6.45) is -0.380. The van der Waals surface area contributed by atoms with Crippen molar-refractivity contribution in [1.29, 1.82) is 0 Å². The molecule has 1 N–H and O–H groups in total. The van der Waals surface area contributed by atoms with Crippen molar-refractivity contribution in [2.24, 2.45) is 0 Å². The van der Waals surface area contributed by atoms with E-state index in [1.807, 2.05) is 0 Å². The first-order valence-electron chi connectivity index (χ1n) is 10.1. The van der Waals surface area contributed by atoms with Crippen molar-refractivity contribution in [3.63, 3.8) is 0 Å². The van der Waals surface area contributed by atoms with Crippen LogP contribution >= 0.6 is 0 Å². The fourth-order valence-corrected chi connectivity index (χ4v) is 3.75. The molecule has 1 heterocycles. The minimum atomic E-state index is -4.55. The van der Waals surface area contributed by atoms with Crippen molar-refractivity contribution in [2.75, 3.05) is 0 Å². The Kier molecular flexibility index (Phi) is 6.13. The number of alkyl halides is 3. The van der Waals surface area contributed by atoms with Gasteiger partial charge in [-0.25, -0.2) is 14.2 Å². The maximum Gasteiger partial charge on any atom is 0.416 e. The van der Waals surface area contributed by atoms with Gasteiger partial charge in [-0.1, -0.05) is 12.1 Å². The second kappa shape index (κ2) is 9.01. The molecule has 5 nitrogen and oxygen atoms in total. The monoisotopic (exact) mass is 458 g/mol. The predicted molar refractivity (Wildman–Crippen MR) is 112 cm³/mol. The minimum Gasteiger partial charge on any atom is -0.488 e. The summed E-state index contributed by atoms with van der Waals surface area (Å²) in [5.74, 6) is -1.41. The zero-order valence-corrected chi connectivity index (χ0v) is 17.2. The molecule has 0 bridgehead atoms. The molecule has 0 fully saturated rings. The number of aromatic carboxylic acids is 1. The van der Waals surface area contributed by atoms with E-state index in [4.69, 9.17) is 4.74 Å². The summed E-state index contributed by atoms with van der Waals surface area (Å²) >= 11 is 0. The number of ether oxygens (including phenoxy) is 1. The molecule has 0 spiro atoms. The normalized spacial score (nSPS) is 13.9. The van der Waals surface area contributed by atoms with E-state index in [0.717, 1.165) is 18.3 Å². The van der Waals surface area contributed by atoms with Crippen molar-refractivity contribution in [3.05, 3.63) is 88.8 Å². The standard InChI is InChI=1S/C24H18F4N2O3/c25-16-7-4-14(5-8-16)13-33-22-9-6-15(24(26,27)28)10-19(22)17-2-1-3-18(17)20-11-29-12-21(30-20)23(31)32/h4-12H,1-3,13H2,(H,31,32). The van der Waals surface area contributed by atoms with E-state index in [0.29, 0.717) is 41.7 Å². The number of aromatic nitrogens is 2. The average Bonchev–Trinajstić information content (AvgIpc) is 3.28. The molecule has 2 aromatic carbocycles. The van der Waals surface area contributed by atoms with Crippen LogP contribution in [0.25, 0.3) is 11.1 Å². The molecule has 1 aromatic heterocycles. The lowest BCUT2D eigenvalue weighted by molar-refractivity contribution is -0.137. The van der Waals surface area contributed by atoms with Crippen molar-refractivity contribution < 1.29 is 32.2 Å². The number of benzene rings is 2. The third kappa shape index (κ3) is 5.02. The Labute approximate surface area is 186 Å². The summed E-state index contributed by atoms with van der Waals surface area (Å²) in [5.41, 5.74) is 1.40. The predicted octanol–water partition coefficient (Wildman–Crippen LogP) is 6.01. The first kappa shape index (κ1) is 22.4. The highest BCUT2D eigenvalue weighted by molar-refractivity contribution is 5.94. The molecule has 0 aliphatic heterocycles. The van der Waals surface area contributed by atoms with Gasteiger partial charge in [0.1, 0.15) is 18.2 Å². The zero-order valence-electron chi connectivity index (χ0n) is 17.2. The van der Waals surface area contributed by atoms with Crippen molar-refractivity contribution in [2.45, 2.75) is 32.0 Å². The van der Waals surface area contributed by atoms with E-state index in [2.05, 4.69) is 9.97 Å². The Hall–Kier alpha value is -3.75. The number of hydrogen-bond donors (Lipinski definition) is 1. The highest BCUT2D eigenvalue weighted by Crippen LogP contribution is 2.44. The number of carbonyl (C=O) groups is 1. The summed E-state index contributed by atoms with van der Waals surface area (Å²) < 4.78 is 59.4. The summed E-state index contributed by atoms with van der Waals surface area (Å²) in [5, 5.41) is 9.21. The molecule has 0 atom stereocenters. The van der Waals surface area contributed by atoms with Crippen LogP contribution in [0.1, 0.15) is 52.1 Å². The molecule has 0 amide bonds. The molecular formula is C24H18F4N2O3. The van der Waals surface area contributed by atoms with Crippen LogP contribution < -0.4 is 4.74 Å². The van der Waals surface area contributed by atoms with Gasteiger partial charge >= 0.3 is 12.1 Å². The van der Waals surface area contributed by atoms with E-state index in [1.165, 1.54) is 36.5 Å². The van der Waals surface area contributed by atoms with Crippen LogP contribution in [-0.4, -0.2) is 21.0 Å². The first-order chi connectivity index (χ1) is 15.7. The maximum absolute atomic E-state index is 13.5. The van der Waals surface area contributed by atoms with Crippen LogP contribution in [-0.2, 0) is 12.8 Å². The van der Waals surface area contributed by atoms with Gasteiger partial charge in [0, 0.05) is 5.56 Å². The number of halogens is 4. The number of rotatable bonds is 6. The quantitative estimate of drug-likeness (QED) is 0.459. The van der Waals surface area contributed by atoms with Crippen LogP contribution in [0.4, 0.5) is 17.6 Å². The summed E-state index contributed by atoms with van der Waals surface area (Å²) in [6, 6.07) is 8.87. The lowest BCUT2D eigenvalue weighted by atomic mass is 9.97. The molecule has 0 radical (unpaired) electrons. The third-order valence-corrected chi connectivity index (χ3v) is 5.32. The van der Waals surface area contributed by atoms with Gasteiger partial charge in [-0.3, -0.25) is 4.98 Å². The molecule has 3 aromatic rings. The van der Waals surface area contributed by atoms with Crippen LogP contribution in [0.5, 0.6) is 5.75 Å². The van der Waals surface area contributed by atoms with Gasteiger partial charge in [0.25, 0.3) is 0 Å². The smallest absolute Gasteiger partial charge is 0.416 e. The van der Waals surface area contributed by atoms with E-state index in [-0.39, 0.29) is 23.6 Å². The fraction of sp³-hybridized carbons (Fsp3) is 0.208. The Bertz CT molecular complexity index is 1220. The van der Waals surface area contributed by atoms with E-state index in [1.54, 1.807) is 0 Å². The van der Waals surface area contributed by atoms with Crippen molar-refractivity contribution in [1.82, 2.24) is 9.97 Å². The van der Waals surface area contributed by atoms with Gasteiger partial charge in [0.2, 0.25) is 0 Å². The molecule has 33 heavy (non-hydrogen) atoms. The first-order valence-corrected chi connectivity index (χ1v) is 10.1. The molecular weight excluding hydrogens is 440 g/mol. The van der Waals surface area contributed by atoms with Crippen molar-refractivity contribution in [3.8, 4) is 5.75 Å². The Morgan fingerprint density at radius 3 is 2.45 bits per heavy atom. The van der Waals surface area contributed by atoms with Gasteiger partial charge < -0.3 is 9.84 Å². The molecule has 170 valence electrons. The number of nitrogens with zero attached hydrogens (tertiary/aromatic N) is 2. The molecule has 0 saturated carbocycles. The van der Waals surface area contributed by atoms with E-state index < -0.39 is 23.5 Å². The van der Waals surface area contributed by atoms with E-state index >= 15 is 0 Å². The van der Waals surface area contributed by atoms with Gasteiger partial charge in [-0.2, -0.15) is 13.2 Å². The molecule has 1 aliphatic carbocycles. The number of allylic oxidation sites excluding steroid dienone is 2. The number of hydrogen-bond acceptors (Lipinski definition) is 4. The van der Waals surface area contributed by atoms with E-state index in [9.17, 15) is 27.5 Å². The van der Waals surface area contributed by atoms with Gasteiger partial charge in [0.15, 0.2) is 5.69 Å². The fourth-order valence-electron chi connectivity index (χ4n) is 3.75. The SMILES string of the molecule is O=C(O)c1cncc(C2=C(c3cc(C(F)(F)F)ccc3OCc3ccc(F)cc3)CCC2)n1. The van der Waals surface area contributed by atoms with Crippen LogP contribution in [0.15, 0.2) is 54.9 Å². The van der Waals surface area contributed by atoms with Gasteiger partial charge in [0.05, 0.1) is 23.7 Å². The molecule has 0 saturated heterocycles. The second-order valence-electron chi connectivity index (χ2n) is 7.53. The topological polar surface area (TPSA) is 72.3 Å². The molecule has 1 aliphatic rings. The van der Waals surface area contributed by atoms with Crippen LogP contribution in [0, 0.1) is 5.82 Å². The molecule has 9 heteroatoms. The Morgan fingerprint density at radius 1 is 1.03 bits per heavy atom. The summed E-state index contributed by atoms with van der Waals surface area (Å²) in [4.78, 5) is 19.3. The lowest BCUT2D eigenvalue weighted by Gasteiger charge is -2.17. The highest BCUT2D eigenvalue weighted by Gasteiger charge is 2.32. The number of carboxylic acids is 1. The second-order valence-corrected chi connectivity index (χ2v) is 7.53. The Balaban J connectivity index is 1.77. The number of carboxylic acid groups (broad SMARTS) is 1. The minimum absolute atomic E-state index is 0.0373. The van der Waals surface area contributed by atoms with Gasteiger partial charge in [-0.05, 0) is 66.3 Å². The van der Waals surface area contributed by atoms with Crippen molar-refractivity contribution >= 4 is 17.1 Å². The molecule has 4 rings (SSSR count).